The molecule has 2 amide bonds. The van der Waals surface area contributed by atoms with Gasteiger partial charge in [-0.25, -0.2) is 4.79 Å². The van der Waals surface area contributed by atoms with Gasteiger partial charge in [-0.15, -0.1) is 0 Å². The predicted octanol–water partition coefficient (Wildman–Crippen LogP) is -0.0965. The number of oxime groups is 1. The summed E-state index contributed by atoms with van der Waals surface area (Å²) in [6, 6.07) is 5.29. The highest BCUT2D eigenvalue weighted by molar-refractivity contribution is 5.99. The predicted molar refractivity (Wildman–Crippen MR) is 93.4 cm³/mol. The molecule has 27 heavy (non-hydrogen) atoms. The largest absolute Gasteiger partial charge is 0.454 e. The van der Waals surface area contributed by atoms with E-state index in [1.165, 1.54) is 4.90 Å². The van der Waals surface area contributed by atoms with Gasteiger partial charge in [0, 0.05) is 19.7 Å². The summed E-state index contributed by atoms with van der Waals surface area (Å²) in [5.74, 6) is -0.349. The lowest BCUT2D eigenvalue weighted by atomic mass is 10.1. The fraction of sp³-hybridized carbons (Fsp3) is 0.412. The lowest BCUT2D eigenvalue weighted by Crippen LogP contribution is -2.38. The summed E-state index contributed by atoms with van der Waals surface area (Å²) in [6.45, 7) is 0.755. The number of esters is 1. The third-order valence-corrected chi connectivity index (χ3v) is 3.47. The molecule has 10 heteroatoms. The van der Waals surface area contributed by atoms with E-state index in [0.717, 1.165) is 5.56 Å². The first-order valence-corrected chi connectivity index (χ1v) is 8.06. The number of amides is 2. The van der Waals surface area contributed by atoms with E-state index >= 15 is 0 Å². The molecule has 1 aromatic carbocycles. The Hall–Kier alpha value is -3.30. The number of nitrogens with zero attached hydrogens (tertiary/aromatic N) is 2. The fourth-order valence-electron chi connectivity index (χ4n) is 1.93. The lowest BCUT2D eigenvalue weighted by Gasteiger charge is -2.11. The van der Waals surface area contributed by atoms with Crippen molar-refractivity contribution in [3.8, 4) is 11.5 Å². The summed E-state index contributed by atoms with van der Waals surface area (Å²) < 4.78 is 15.2. The summed E-state index contributed by atoms with van der Waals surface area (Å²) in [6.07, 6.45) is 0. The van der Waals surface area contributed by atoms with Crippen molar-refractivity contribution in [3.63, 3.8) is 0 Å². The highest BCUT2D eigenvalue weighted by Gasteiger charge is 2.14. The van der Waals surface area contributed by atoms with Crippen molar-refractivity contribution in [1.82, 2.24) is 10.2 Å². The van der Waals surface area contributed by atoms with Crippen molar-refractivity contribution in [2.75, 3.05) is 40.6 Å². The van der Waals surface area contributed by atoms with Gasteiger partial charge in [0.25, 0.3) is 5.91 Å². The van der Waals surface area contributed by atoms with Crippen molar-refractivity contribution in [2.45, 2.75) is 6.92 Å². The van der Waals surface area contributed by atoms with E-state index in [2.05, 4.69) is 10.5 Å². The van der Waals surface area contributed by atoms with E-state index in [9.17, 15) is 14.4 Å². The van der Waals surface area contributed by atoms with Crippen LogP contribution < -0.4 is 14.8 Å². The van der Waals surface area contributed by atoms with Crippen LogP contribution in [0.2, 0.25) is 0 Å². The molecule has 0 fully saturated rings. The Bertz CT molecular complexity index is 746. The zero-order valence-corrected chi connectivity index (χ0v) is 15.3. The van der Waals surface area contributed by atoms with E-state index in [1.54, 1.807) is 39.2 Å². The molecular weight excluding hydrogens is 358 g/mol. The molecule has 0 aromatic heterocycles. The molecule has 1 N–H and O–H groups in total. The van der Waals surface area contributed by atoms with Gasteiger partial charge in [-0.05, 0) is 25.1 Å². The van der Waals surface area contributed by atoms with Crippen molar-refractivity contribution >= 4 is 23.5 Å². The second-order valence-corrected chi connectivity index (χ2v) is 5.74. The molecule has 10 nitrogen and oxygen atoms in total. The summed E-state index contributed by atoms with van der Waals surface area (Å²) >= 11 is 0. The number of carbonyl (C=O) groups excluding carboxylic acids is 3. The van der Waals surface area contributed by atoms with Crippen LogP contribution in [0.3, 0.4) is 0 Å². The number of benzene rings is 1. The molecule has 0 unspecified atom stereocenters. The molecule has 1 aliphatic rings. The summed E-state index contributed by atoms with van der Waals surface area (Å²) in [7, 11) is 3.13. The fourth-order valence-corrected chi connectivity index (χ4v) is 1.93. The minimum atomic E-state index is -0.758. The van der Waals surface area contributed by atoms with Crippen LogP contribution in [0.25, 0.3) is 0 Å². The topological polar surface area (TPSA) is 116 Å². The SMILES string of the molecule is C/C(=N/OCC(=O)OCC(=O)NCC(=O)N(C)C)c1ccc2c(c1)OCO2. The molecule has 146 valence electrons. The Labute approximate surface area is 156 Å². The summed E-state index contributed by atoms with van der Waals surface area (Å²) in [5.41, 5.74) is 1.28. The Balaban J connectivity index is 1.70. The maximum atomic E-state index is 11.6. The van der Waals surface area contributed by atoms with Crippen LogP contribution in [0.15, 0.2) is 23.4 Å². The zero-order valence-electron chi connectivity index (χ0n) is 15.3. The Kier molecular flexibility index (Phi) is 6.98. The van der Waals surface area contributed by atoms with Crippen LogP contribution >= 0.6 is 0 Å². The van der Waals surface area contributed by atoms with Crippen LogP contribution in [0.5, 0.6) is 11.5 Å². The van der Waals surface area contributed by atoms with Crippen LogP contribution in [-0.2, 0) is 24.0 Å². The molecular formula is C17H21N3O7. The van der Waals surface area contributed by atoms with Gasteiger partial charge in [-0.2, -0.15) is 0 Å². The van der Waals surface area contributed by atoms with Crippen LogP contribution in [0.1, 0.15) is 12.5 Å². The molecule has 0 bridgehead atoms. The van der Waals surface area contributed by atoms with E-state index < -0.39 is 25.1 Å². The maximum absolute atomic E-state index is 11.6. The number of nitrogens with one attached hydrogen (secondary N) is 1. The second kappa shape index (κ2) is 9.41. The second-order valence-electron chi connectivity index (χ2n) is 5.74. The van der Waals surface area contributed by atoms with Crippen molar-refractivity contribution < 1.29 is 33.4 Å². The number of hydrogen-bond acceptors (Lipinski definition) is 8. The van der Waals surface area contributed by atoms with Crippen LogP contribution in [0.4, 0.5) is 0 Å². The molecule has 0 aliphatic carbocycles. The van der Waals surface area contributed by atoms with Crippen molar-refractivity contribution in [2.24, 2.45) is 5.16 Å². The maximum Gasteiger partial charge on any atom is 0.347 e. The smallest absolute Gasteiger partial charge is 0.347 e. The van der Waals surface area contributed by atoms with Gasteiger partial charge >= 0.3 is 5.97 Å². The Morgan fingerprint density at radius 2 is 1.93 bits per heavy atom. The number of ether oxygens (including phenoxy) is 3. The molecule has 0 spiro atoms. The van der Waals surface area contributed by atoms with Gasteiger partial charge in [0.05, 0.1) is 12.3 Å². The van der Waals surface area contributed by atoms with Gasteiger partial charge in [0.15, 0.2) is 18.1 Å². The molecule has 1 aromatic rings. The number of likely N-dealkylation sites (N-methyl/N-ethyl adjacent to an activating group) is 1. The molecule has 1 heterocycles. The van der Waals surface area contributed by atoms with Gasteiger partial charge in [-0.3, -0.25) is 9.59 Å². The van der Waals surface area contributed by atoms with E-state index in [0.29, 0.717) is 17.2 Å². The third kappa shape index (κ3) is 6.17. The molecule has 2 rings (SSSR count). The monoisotopic (exact) mass is 379 g/mol. The molecule has 0 atom stereocenters. The molecule has 0 radical (unpaired) electrons. The van der Waals surface area contributed by atoms with E-state index in [-0.39, 0.29) is 19.2 Å². The summed E-state index contributed by atoms with van der Waals surface area (Å²) in [4.78, 5) is 40.6. The van der Waals surface area contributed by atoms with Crippen LogP contribution in [0, 0.1) is 0 Å². The first-order valence-electron chi connectivity index (χ1n) is 8.06. The van der Waals surface area contributed by atoms with Crippen LogP contribution in [-0.4, -0.2) is 69.0 Å². The standard InChI is InChI=1S/C17H21N3O7/c1-11(12-4-5-13-14(6-12)26-10-25-13)19-27-9-17(23)24-8-15(21)18-7-16(22)20(2)3/h4-6H,7-10H2,1-3H3,(H,18,21)/b19-11-. The van der Waals surface area contributed by atoms with E-state index in [4.69, 9.17) is 19.0 Å². The molecule has 0 saturated heterocycles. The zero-order chi connectivity index (χ0) is 19.8. The van der Waals surface area contributed by atoms with Crippen molar-refractivity contribution in [1.29, 1.82) is 0 Å². The Morgan fingerprint density at radius 1 is 1.19 bits per heavy atom. The van der Waals surface area contributed by atoms with Gasteiger partial charge in [-0.1, -0.05) is 5.16 Å². The number of fused-ring (bicyclic) bond motifs is 1. The first kappa shape index (κ1) is 20.0. The number of rotatable bonds is 8. The molecule has 1 aliphatic heterocycles. The lowest BCUT2D eigenvalue weighted by molar-refractivity contribution is -0.153. The third-order valence-electron chi connectivity index (χ3n) is 3.47. The van der Waals surface area contributed by atoms with Gasteiger partial charge < -0.3 is 29.3 Å². The Morgan fingerprint density at radius 3 is 2.67 bits per heavy atom. The number of hydrogen-bond donors (Lipinski definition) is 1. The average Bonchev–Trinajstić information content (AvgIpc) is 3.11. The number of carbonyl (C=O) groups is 3. The normalized spacial score (nSPS) is 12.3. The minimum Gasteiger partial charge on any atom is -0.454 e. The first-order chi connectivity index (χ1) is 12.9. The highest BCUT2D eigenvalue weighted by atomic mass is 16.7. The van der Waals surface area contributed by atoms with Gasteiger partial charge in [0.1, 0.15) is 0 Å². The summed E-state index contributed by atoms with van der Waals surface area (Å²) in [5, 5.41) is 6.17. The van der Waals surface area contributed by atoms with Gasteiger partial charge in [0.2, 0.25) is 19.3 Å². The molecule has 0 saturated carbocycles. The average molecular weight is 379 g/mol. The highest BCUT2D eigenvalue weighted by Crippen LogP contribution is 2.32. The quantitative estimate of drug-likeness (QED) is 0.381. The van der Waals surface area contributed by atoms with Crippen molar-refractivity contribution in [3.05, 3.63) is 23.8 Å². The van der Waals surface area contributed by atoms with E-state index in [1.807, 2.05) is 0 Å². The minimum absolute atomic E-state index is 0.168.